The number of aromatic nitrogens is 1. The van der Waals surface area contributed by atoms with Crippen LogP contribution in [-0.2, 0) is 21.6 Å². The molecule has 2 unspecified atom stereocenters. The van der Waals surface area contributed by atoms with E-state index in [-0.39, 0.29) is 25.2 Å². The van der Waals surface area contributed by atoms with Crippen molar-refractivity contribution in [2.45, 2.75) is 56.8 Å². The molecule has 2 N–H and O–H groups in total. The third-order valence-corrected chi connectivity index (χ3v) is 6.65. The number of cyclic esters (lactones) is 1. The lowest BCUT2D eigenvalue weighted by Crippen LogP contribution is -2.50. The van der Waals surface area contributed by atoms with Crippen molar-refractivity contribution in [2.24, 2.45) is 0 Å². The first kappa shape index (κ1) is 21.7. The van der Waals surface area contributed by atoms with Crippen molar-refractivity contribution in [1.82, 2.24) is 4.98 Å². The maximum Gasteiger partial charge on any atom is 0.308 e. The average Bonchev–Trinajstić information content (AvgIpc) is 2.78. The molecule has 6 heteroatoms. The van der Waals surface area contributed by atoms with Crippen molar-refractivity contribution >= 4 is 5.97 Å². The van der Waals surface area contributed by atoms with Crippen molar-refractivity contribution in [2.75, 3.05) is 0 Å². The molecule has 2 heterocycles. The zero-order chi connectivity index (χ0) is 23.3. The number of halogens is 1. The smallest absolute Gasteiger partial charge is 0.308 e. The molecule has 0 amide bonds. The van der Waals surface area contributed by atoms with Gasteiger partial charge in [-0.05, 0) is 46.4 Å². The molecule has 5 rings (SSSR count). The first-order chi connectivity index (χ1) is 15.8. The molecule has 2 aromatic carbocycles. The molecule has 0 spiro atoms. The van der Waals surface area contributed by atoms with Gasteiger partial charge in [-0.15, -0.1) is 0 Å². The van der Waals surface area contributed by atoms with Gasteiger partial charge in [0.15, 0.2) is 0 Å². The highest BCUT2D eigenvalue weighted by molar-refractivity contribution is 5.80. The summed E-state index contributed by atoms with van der Waals surface area (Å²) < 4.78 is 19.9. The fourth-order valence-electron chi connectivity index (χ4n) is 5.08. The van der Waals surface area contributed by atoms with Crippen LogP contribution in [0.25, 0.3) is 22.4 Å². The zero-order valence-corrected chi connectivity index (χ0v) is 18.6. The molecule has 1 aromatic heterocycles. The van der Waals surface area contributed by atoms with Crippen LogP contribution in [-0.4, -0.2) is 33.4 Å². The van der Waals surface area contributed by atoms with Gasteiger partial charge in [0.05, 0.1) is 18.2 Å². The van der Waals surface area contributed by atoms with Gasteiger partial charge < -0.3 is 14.9 Å². The molecule has 3 atom stereocenters. The van der Waals surface area contributed by atoms with Crippen molar-refractivity contribution in [3.8, 4) is 22.4 Å². The number of ether oxygens (including phenoxy) is 1. The molecular formula is C27H26FNO4. The number of hydrogen-bond donors (Lipinski definition) is 2. The van der Waals surface area contributed by atoms with Gasteiger partial charge in [-0.3, -0.25) is 9.78 Å². The van der Waals surface area contributed by atoms with Gasteiger partial charge in [0.2, 0.25) is 0 Å². The number of pyridine rings is 1. The van der Waals surface area contributed by atoms with Crippen molar-refractivity contribution in [1.29, 1.82) is 0 Å². The van der Waals surface area contributed by atoms with Gasteiger partial charge in [-0.1, -0.05) is 50.2 Å². The minimum absolute atomic E-state index is 0.0631. The highest BCUT2D eigenvalue weighted by Crippen LogP contribution is 2.48. The standard InChI is InChI=1S/C27H26FNO4/c1-15(2)26-21-14-27(32,24-11-18(30)12-25(31)33-24)22-10-17(28)8-9-19(22)20(21)13-23(29-26)16-6-4-3-5-7-16/h3-10,13,15,18,24,30,32H,11-12,14H2,1-2H3/t18?,24?,27-/m1/s1. The van der Waals surface area contributed by atoms with E-state index in [9.17, 15) is 19.4 Å². The first-order valence-corrected chi connectivity index (χ1v) is 11.3. The monoisotopic (exact) mass is 447 g/mol. The molecule has 3 aromatic rings. The van der Waals surface area contributed by atoms with Gasteiger partial charge in [0.1, 0.15) is 17.5 Å². The van der Waals surface area contributed by atoms with Crippen LogP contribution in [0.3, 0.4) is 0 Å². The van der Waals surface area contributed by atoms with E-state index in [1.807, 2.05) is 50.2 Å². The molecule has 1 fully saturated rings. The Morgan fingerprint density at radius 1 is 1.12 bits per heavy atom. The van der Waals surface area contributed by atoms with E-state index in [4.69, 9.17) is 9.72 Å². The van der Waals surface area contributed by atoms with Gasteiger partial charge in [0.25, 0.3) is 0 Å². The quantitative estimate of drug-likeness (QED) is 0.579. The van der Waals surface area contributed by atoms with Gasteiger partial charge in [0, 0.05) is 24.1 Å². The Morgan fingerprint density at radius 2 is 1.88 bits per heavy atom. The van der Waals surface area contributed by atoms with Crippen LogP contribution < -0.4 is 0 Å². The molecule has 5 nitrogen and oxygen atoms in total. The highest BCUT2D eigenvalue weighted by Gasteiger charge is 2.49. The Bertz CT molecular complexity index is 1230. The van der Waals surface area contributed by atoms with Crippen LogP contribution in [0.15, 0.2) is 54.6 Å². The molecule has 1 aliphatic heterocycles. The fourth-order valence-corrected chi connectivity index (χ4v) is 5.08. The van der Waals surface area contributed by atoms with Crippen LogP contribution in [0.5, 0.6) is 0 Å². The molecule has 2 aliphatic rings. The Kier molecular flexibility index (Phi) is 5.30. The number of carbonyl (C=O) groups excluding carboxylic acids is 1. The molecule has 0 bridgehead atoms. The van der Waals surface area contributed by atoms with E-state index >= 15 is 0 Å². The minimum Gasteiger partial charge on any atom is -0.459 e. The second kappa shape index (κ2) is 8.04. The van der Waals surface area contributed by atoms with E-state index in [0.717, 1.165) is 28.1 Å². The number of rotatable bonds is 3. The van der Waals surface area contributed by atoms with Gasteiger partial charge >= 0.3 is 5.97 Å². The second-order valence-corrected chi connectivity index (χ2v) is 9.30. The number of esters is 1. The van der Waals surface area contributed by atoms with Crippen LogP contribution in [0, 0.1) is 5.82 Å². The lowest BCUT2D eigenvalue weighted by molar-refractivity contribution is -0.184. The van der Waals surface area contributed by atoms with Gasteiger partial charge in [-0.25, -0.2) is 4.39 Å². The zero-order valence-electron chi connectivity index (χ0n) is 18.6. The van der Waals surface area contributed by atoms with Gasteiger partial charge in [-0.2, -0.15) is 0 Å². The normalized spacial score (nSPS) is 24.2. The Hall–Kier alpha value is -3.09. The van der Waals surface area contributed by atoms with Crippen molar-refractivity contribution < 1.29 is 24.1 Å². The molecule has 33 heavy (non-hydrogen) atoms. The summed E-state index contributed by atoms with van der Waals surface area (Å²) in [5.41, 5.74) is 3.70. The molecule has 0 saturated carbocycles. The topological polar surface area (TPSA) is 79.7 Å². The molecule has 1 aliphatic carbocycles. The van der Waals surface area contributed by atoms with E-state index in [2.05, 4.69) is 0 Å². The third-order valence-electron chi connectivity index (χ3n) is 6.65. The van der Waals surface area contributed by atoms with E-state index in [0.29, 0.717) is 11.1 Å². The SMILES string of the molecule is CC(C)c1nc(-c2ccccc2)cc2c1C[C@](O)(C1CC(O)CC(=O)O1)c1cc(F)ccc1-2. The van der Waals surface area contributed by atoms with Crippen molar-refractivity contribution in [3.63, 3.8) is 0 Å². The number of hydrogen-bond acceptors (Lipinski definition) is 5. The van der Waals surface area contributed by atoms with E-state index in [1.54, 1.807) is 6.07 Å². The Morgan fingerprint density at radius 3 is 2.58 bits per heavy atom. The molecular weight excluding hydrogens is 421 g/mol. The summed E-state index contributed by atoms with van der Waals surface area (Å²) >= 11 is 0. The van der Waals surface area contributed by atoms with Crippen LogP contribution >= 0.6 is 0 Å². The summed E-state index contributed by atoms with van der Waals surface area (Å²) in [7, 11) is 0. The van der Waals surface area contributed by atoms with Crippen molar-refractivity contribution in [3.05, 3.63) is 77.2 Å². The van der Waals surface area contributed by atoms with E-state index in [1.165, 1.54) is 12.1 Å². The third kappa shape index (κ3) is 3.73. The molecule has 1 saturated heterocycles. The molecule has 170 valence electrons. The highest BCUT2D eigenvalue weighted by atomic mass is 19.1. The lowest BCUT2D eigenvalue weighted by atomic mass is 9.70. The largest absolute Gasteiger partial charge is 0.459 e. The maximum atomic E-state index is 14.4. The minimum atomic E-state index is -1.68. The van der Waals surface area contributed by atoms with Crippen LogP contribution in [0.1, 0.15) is 49.4 Å². The summed E-state index contributed by atoms with van der Waals surface area (Å²) in [6, 6.07) is 16.2. The number of carbonyl (C=O) groups is 1. The Balaban J connectivity index is 1.74. The van der Waals surface area contributed by atoms with E-state index < -0.39 is 29.6 Å². The molecule has 0 radical (unpaired) electrons. The number of benzene rings is 2. The number of aliphatic hydroxyl groups is 2. The Labute approximate surface area is 191 Å². The number of nitrogens with zero attached hydrogens (tertiary/aromatic N) is 1. The lowest BCUT2D eigenvalue weighted by Gasteiger charge is -2.43. The maximum absolute atomic E-state index is 14.4. The average molecular weight is 448 g/mol. The summed E-state index contributed by atoms with van der Waals surface area (Å²) in [5.74, 6) is -0.995. The summed E-state index contributed by atoms with van der Waals surface area (Å²) in [6.45, 7) is 4.09. The van der Waals surface area contributed by atoms with Crippen LogP contribution in [0.2, 0.25) is 0 Å². The summed E-state index contributed by atoms with van der Waals surface area (Å²) in [6.07, 6.45) is -1.82. The predicted octanol–water partition coefficient (Wildman–Crippen LogP) is 4.49. The number of aliphatic hydroxyl groups excluding tert-OH is 1. The summed E-state index contributed by atoms with van der Waals surface area (Å²) in [4.78, 5) is 17.0. The van der Waals surface area contributed by atoms with Crippen LogP contribution in [0.4, 0.5) is 4.39 Å². The second-order valence-electron chi connectivity index (χ2n) is 9.30. The first-order valence-electron chi connectivity index (χ1n) is 11.3. The fraction of sp³-hybridized carbons (Fsp3) is 0.333. The number of fused-ring (bicyclic) bond motifs is 3. The summed E-state index contributed by atoms with van der Waals surface area (Å²) in [5, 5.41) is 22.2. The predicted molar refractivity (Wildman–Crippen MR) is 122 cm³/mol.